The van der Waals surface area contributed by atoms with Crippen LogP contribution in [0.1, 0.15) is 23.5 Å². The fourth-order valence-corrected chi connectivity index (χ4v) is 2.89. The van der Waals surface area contributed by atoms with Gasteiger partial charge in [-0.05, 0) is 42.0 Å². The molecule has 0 bridgehead atoms. The first-order valence-corrected chi connectivity index (χ1v) is 7.93. The third-order valence-corrected chi connectivity index (χ3v) is 4.43. The number of amides is 1. The molecule has 1 heterocycles. The minimum absolute atomic E-state index is 0.139. The second-order valence-corrected chi connectivity index (χ2v) is 6.48. The average molecular weight is 348 g/mol. The van der Waals surface area contributed by atoms with E-state index in [1.165, 1.54) is 5.56 Å². The van der Waals surface area contributed by atoms with E-state index in [0.717, 1.165) is 22.9 Å². The van der Waals surface area contributed by atoms with Gasteiger partial charge in [0, 0.05) is 30.2 Å². The van der Waals surface area contributed by atoms with E-state index in [1.807, 2.05) is 31.6 Å². The highest BCUT2D eigenvalue weighted by Crippen LogP contribution is 2.47. The largest absolute Gasteiger partial charge is 0.356 e. The lowest BCUT2D eigenvalue weighted by Crippen LogP contribution is -2.27. The van der Waals surface area contributed by atoms with Crippen LogP contribution >= 0.6 is 15.9 Å². The zero-order chi connectivity index (χ0) is 14.8. The molecule has 1 N–H and O–H groups in total. The van der Waals surface area contributed by atoms with Crippen molar-refractivity contribution >= 4 is 21.8 Å². The van der Waals surface area contributed by atoms with Crippen molar-refractivity contribution in [3.05, 3.63) is 52.3 Å². The molecule has 0 radical (unpaired) electrons. The Morgan fingerprint density at radius 1 is 1.43 bits per heavy atom. The van der Waals surface area contributed by atoms with Crippen molar-refractivity contribution in [2.75, 3.05) is 6.54 Å². The zero-order valence-corrected chi connectivity index (χ0v) is 13.5. The van der Waals surface area contributed by atoms with Crippen LogP contribution in [-0.4, -0.2) is 22.2 Å². The SMILES string of the molecule is Cn1cc(CCNC(=O)[C@@H]2C[C@@H]2c2ccc(Br)cc2)cn1. The maximum Gasteiger partial charge on any atom is 0.223 e. The highest BCUT2D eigenvalue weighted by molar-refractivity contribution is 9.10. The quantitative estimate of drug-likeness (QED) is 0.903. The summed E-state index contributed by atoms with van der Waals surface area (Å²) in [6.45, 7) is 0.675. The van der Waals surface area contributed by atoms with Crippen LogP contribution < -0.4 is 5.32 Å². The molecule has 1 aromatic carbocycles. The topological polar surface area (TPSA) is 46.9 Å². The lowest BCUT2D eigenvalue weighted by Gasteiger charge is -2.04. The Bertz CT molecular complexity index is 635. The Kier molecular flexibility index (Phi) is 4.10. The molecule has 0 unspecified atom stereocenters. The van der Waals surface area contributed by atoms with Gasteiger partial charge in [0.2, 0.25) is 5.91 Å². The molecule has 4 nitrogen and oxygen atoms in total. The molecule has 1 amide bonds. The fraction of sp³-hybridized carbons (Fsp3) is 0.375. The number of benzene rings is 1. The standard InChI is InChI=1S/C16H18BrN3O/c1-20-10-11(9-19-20)6-7-18-16(21)15-8-14(15)12-2-4-13(17)5-3-12/h2-5,9-10,14-15H,6-8H2,1H3,(H,18,21)/t14-,15-/m1/s1. The first-order chi connectivity index (χ1) is 10.1. The van der Waals surface area contributed by atoms with Crippen LogP contribution in [0.4, 0.5) is 0 Å². The van der Waals surface area contributed by atoms with E-state index < -0.39 is 0 Å². The summed E-state index contributed by atoms with van der Waals surface area (Å²) in [6, 6.07) is 8.26. The van der Waals surface area contributed by atoms with Crippen LogP contribution in [-0.2, 0) is 18.3 Å². The lowest BCUT2D eigenvalue weighted by molar-refractivity contribution is -0.122. The van der Waals surface area contributed by atoms with Crippen LogP contribution in [0.2, 0.25) is 0 Å². The van der Waals surface area contributed by atoms with Crippen molar-refractivity contribution in [1.29, 1.82) is 0 Å². The van der Waals surface area contributed by atoms with Crippen LogP contribution in [0.3, 0.4) is 0 Å². The Hall–Kier alpha value is -1.62. The number of carbonyl (C=O) groups excluding carboxylic acids is 1. The summed E-state index contributed by atoms with van der Waals surface area (Å²) >= 11 is 3.43. The van der Waals surface area contributed by atoms with Gasteiger partial charge in [0.15, 0.2) is 0 Å². The summed E-state index contributed by atoms with van der Waals surface area (Å²) in [5.74, 6) is 0.698. The van der Waals surface area contributed by atoms with Crippen molar-refractivity contribution < 1.29 is 4.79 Å². The van der Waals surface area contributed by atoms with Gasteiger partial charge in [0.05, 0.1) is 6.20 Å². The highest BCUT2D eigenvalue weighted by Gasteiger charge is 2.43. The minimum Gasteiger partial charge on any atom is -0.356 e. The molecule has 3 rings (SSSR count). The number of rotatable bonds is 5. The van der Waals surface area contributed by atoms with Crippen molar-refractivity contribution in [3.63, 3.8) is 0 Å². The first kappa shape index (κ1) is 14.3. The van der Waals surface area contributed by atoms with Crippen molar-refractivity contribution in [3.8, 4) is 0 Å². The molecular formula is C16H18BrN3O. The fourth-order valence-electron chi connectivity index (χ4n) is 2.63. The van der Waals surface area contributed by atoms with Crippen LogP contribution in [0.25, 0.3) is 0 Å². The molecular weight excluding hydrogens is 330 g/mol. The van der Waals surface area contributed by atoms with Gasteiger partial charge in [-0.1, -0.05) is 28.1 Å². The Morgan fingerprint density at radius 3 is 2.86 bits per heavy atom. The zero-order valence-electron chi connectivity index (χ0n) is 11.9. The number of halogens is 1. The van der Waals surface area contributed by atoms with Gasteiger partial charge in [-0.15, -0.1) is 0 Å². The summed E-state index contributed by atoms with van der Waals surface area (Å²) in [5, 5.41) is 7.15. The summed E-state index contributed by atoms with van der Waals surface area (Å²) in [7, 11) is 1.90. The van der Waals surface area contributed by atoms with Crippen molar-refractivity contribution in [2.24, 2.45) is 13.0 Å². The third-order valence-electron chi connectivity index (χ3n) is 3.90. The van der Waals surface area contributed by atoms with Crippen LogP contribution in [0, 0.1) is 5.92 Å². The normalized spacial score (nSPS) is 20.3. The lowest BCUT2D eigenvalue weighted by atomic mass is 10.1. The first-order valence-electron chi connectivity index (χ1n) is 7.14. The van der Waals surface area contributed by atoms with Crippen LogP contribution in [0.15, 0.2) is 41.1 Å². The molecule has 1 aromatic heterocycles. The Balaban J connectivity index is 1.46. The number of aryl methyl sites for hydroxylation is 1. The van der Waals surface area contributed by atoms with E-state index >= 15 is 0 Å². The molecule has 2 aromatic rings. The molecule has 1 saturated carbocycles. The summed E-state index contributed by atoms with van der Waals surface area (Å²) in [4.78, 5) is 12.1. The second-order valence-electron chi connectivity index (χ2n) is 5.56. The van der Waals surface area contributed by atoms with Gasteiger partial charge in [0.25, 0.3) is 0 Å². The number of hydrogen-bond donors (Lipinski definition) is 1. The monoisotopic (exact) mass is 347 g/mol. The van der Waals surface area contributed by atoms with Crippen LogP contribution in [0.5, 0.6) is 0 Å². The number of nitrogens with zero attached hydrogens (tertiary/aromatic N) is 2. The van der Waals surface area contributed by atoms with Gasteiger partial charge in [0.1, 0.15) is 0 Å². The molecule has 0 aliphatic heterocycles. The molecule has 110 valence electrons. The van der Waals surface area contributed by atoms with Gasteiger partial charge in [-0.2, -0.15) is 5.10 Å². The predicted molar refractivity (Wildman–Crippen MR) is 84.9 cm³/mol. The summed E-state index contributed by atoms with van der Waals surface area (Å²) < 4.78 is 2.85. The molecule has 0 saturated heterocycles. The summed E-state index contributed by atoms with van der Waals surface area (Å²) in [6.07, 6.45) is 5.61. The van der Waals surface area contributed by atoms with Gasteiger partial charge >= 0.3 is 0 Å². The van der Waals surface area contributed by atoms with E-state index in [0.29, 0.717) is 12.5 Å². The number of aromatic nitrogens is 2. The molecule has 0 spiro atoms. The number of carbonyl (C=O) groups is 1. The molecule has 1 aliphatic rings. The number of nitrogens with one attached hydrogen (secondary N) is 1. The predicted octanol–water partition coefficient (Wildman–Crippen LogP) is 2.65. The second kappa shape index (κ2) is 6.02. The molecule has 1 fully saturated rings. The van der Waals surface area contributed by atoms with Gasteiger partial charge < -0.3 is 5.32 Å². The van der Waals surface area contributed by atoms with E-state index in [2.05, 4.69) is 38.5 Å². The van der Waals surface area contributed by atoms with Gasteiger partial charge in [-0.25, -0.2) is 0 Å². The third kappa shape index (κ3) is 3.53. The van der Waals surface area contributed by atoms with Crippen molar-refractivity contribution in [1.82, 2.24) is 15.1 Å². The van der Waals surface area contributed by atoms with E-state index in [4.69, 9.17) is 0 Å². The van der Waals surface area contributed by atoms with Gasteiger partial charge in [-0.3, -0.25) is 9.48 Å². The Morgan fingerprint density at radius 2 is 2.19 bits per heavy atom. The average Bonchev–Trinajstić information content (AvgIpc) is 3.16. The molecule has 2 atom stereocenters. The maximum atomic E-state index is 12.1. The van der Waals surface area contributed by atoms with Crippen molar-refractivity contribution in [2.45, 2.75) is 18.8 Å². The molecule has 5 heteroatoms. The molecule has 1 aliphatic carbocycles. The number of hydrogen-bond acceptors (Lipinski definition) is 2. The Labute approximate surface area is 132 Å². The highest BCUT2D eigenvalue weighted by atomic mass is 79.9. The maximum absolute atomic E-state index is 12.1. The van der Waals surface area contributed by atoms with E-state index in [-0.39, 0.29) is 11.8 Å². The minimum atomic E-state index is 0.139. The smallest absolute Gasteiger partial charge is 0.223 e. The van der Waals surface area contributed by atoms with E-state index in [9.17, 15) is 4.79 Å². The summed E-state index contributed by atoms with van der Waals surface area (Å²) in [5.41, 5.74) is 2.41. The van der Waals surface area contributed by atoms with E-state index in [1.54, 1.807) is 4.68 Å². The molecule has 21 heavy (non-hydrogen) atoms.